The number of aryl methyl sites for hydroxylation is 1. The van der Waals surface area contributed by atoms with Crippen LogP contribution in [0.4, 0.5) is 5.82 Å². The van der Waals surface area contributed by atoms with E-state index in [1.54, 1.807) is 6.20 Å². The van der Waals surface area contributed by atoms with Gasteiger partial charge in [0.2, 0.25) is 0 Å². The lowest BCUT2D eigenvalue weighted by Gasteiger charge is -2.17. The van der Waals surface area contributed by atoms with Crippen LogP contribution in [0.5, 0.6) is 0 Å². The van der Waals surface area contributed by atoms with Gasteiger partial charge in [0.15, 0.2) is 0 Å². The summed E-state index contributed by atoms with van der Waals surface area (Å²) in [7, 11) is 0. The molecule has 0 amide bonds. The predicted octanol–water partition coefficient (Wildman–Crippen LogP) is 1.93. The minimum atomic E-state index is 0.224. The average Bonchev–Trinajstić information content (AvgIpc) is 2.07. The number of nitrogens with zero attached hydrogens (tertiary/aromatic N) is 1. The smallest absolute Gasteiger partial charge is 0.129 e. The fourth-order valence-corrected chi connectivity index (χ4v) is 1.49. The third-order valence-corrected chi connectivity index (χ3v) is 2.12. The van der Waals surface area contributed by atoms with Crippen molar-refractivity contribution in [2.75, 3.05) is 5.32 Å². The second-order valence-electron chi connectivity index (χ2n) is 3.93. The maximum Gasteiger partial charge on any atom is 0.129 e. The molecule has 0 saturated heterocycles. The van der Waals surface area contributed by atoms with Crippen LogP contribution in [0.25, 0.3) is 0 Å². The normalized spacial score (nSPS) is 14.9. The molecular formula is C11H19N3. The Hall–Kier alpha value is -1.09. The van der Waals surface area contributed by atoms with Crippen molar-refractivity contribution in [3.05, 3.63) is 23.9 Å². The molecule has 3 N–H and O–H groups in total. The summed E-state index contributed by atoms with van der Waals surface area (Å²) >= 11 is 0. The highest BCUT2D eigenvalue weighted by molar-refractivity contribution is 5.43. The number of nitrogens with one attached hydrogen (secondary N) is 1. The highest BCUT2D eigenvalue weighted by atomic mass is 15.0. The molecule has 1 heterocycles. The standard InChI is InChI=1S/C11H19N3/c1-8-5-4-6-13-11(8)14-10(3)7-9(2)12/h4-6,9-10H,7,12H2,1-3H3,(H,13,14). The monoisotopic (exact) mass is 193 g/mol. The lowest BCUT2D eigenvalue weighted by atomic mass is 10.1. The lowest BCUT2D eigenvalue weighted by molar-refractivity contribution is 0.603. The topological polar surface area (TPSA) is 50.9 Å². The van der Waals surface area contributed by atoms with Crippen molar-refractivity contribution in [2.24, 2.45) is 5.73 Å². The van der Waals surface area contributed by atoms with E-state index in [-0.39, 0.29) is 6.04 Å². The minimum absolute atomic E-state index is 0.224. The van der Waals surface area contributed by atoms with E-state index in [1.165, 1.54) is 5.56 Å². The van der Waals surface area contributed by atoms with Crippen molar-refractivity contribution in [2.45, 2.75) is 39.3 Å². The molecule has 0 aromatic carbocycles. The number of pyridine rings is 1. The molecule has 0 radical (unpaired) electrons. The summed E-state index contributed by atoms with van der Waals surface area (Å²) in [5.74, 6) is 0.959. The highest BCUT2D eigenvalue weighted by Crippen LogP contribution is 2.11. The molecule has 0 fully saturated rings. The van der Waals surface area contributed by atoms with Crippen LogP contribution >= 0.6 is 0 Å². The maximum absolute atomic E-state index is 5.72. The third-order valence-electron chi connectivity index (χ3n) is 2.12. The van der Waals surface area contributed by atoms with Crippen molar-refractivity contribution in [3.8, 4) is 0 Å². The van der Waals surface area contributed by atoms with Gasteiger partial charge in [0.05, 0.1) is 0 Å². The molecule has 0 aliphatic rings. The minimum Gasteiger partial charge on any atom is -0.367 e. The van der Waals surface area contributed by atoms with E-state index in [2.05, 4.69) is 17.2 Å². The van der Waals surface area contributed by atoms with Gasteiger partial charge in [-0.25, -0.2) is 4.98 Å². The zero-order valence-corrected chi connectivity index (χ0v) is 9.12. The Balaban J connectivity index is 2.56. The van der Waals surface area contributed by atoms with Gasteiger partial charge in [0, 0.05) is 18.3 Å². The second kappa shape index (κ2) is 4.96. The van der Waals surface area contributed by atoms with Crippen LogP contribution < -0.4 is 11.1 Å². The van der Waals surface area contributed by atoms with Crippen LogP contribution in [-0.2, 0) is 0 Å². The first-order valence-corrected chi connectivity index (χ1v) is 5.03. The first-order chi connectivity index (χ1) is 6.59. The van der Waals surface area contributed by atoms with Crippen LogP contribution in [0.1, 0.15) is 25.8 Å². The van der Waals surface area contributed by atoms with Gasteiger partial charge in [-0.3, -0.25) is 0 Å². The molecule has 0 saturated carbocycles. The molecule has 0 spiro atoms. The second-order valence-corrected chi connectivity index (χ2v) is 3.93. The van der Waals surface area contributed by atoms with Crippen molar-refractivity contribution < 1.29 is 0 Å². The summed E-state index contributed by atoms with van der Waals surface area (Å²) < 4.78 is 0. The molecule has 1 aromatic heterocycles. The van der Waals surface area contributed by atoms with Gasteiger partial charge in [-0.2, -0.15) is 0 Å². The number of aromatic nitrogens is 1. The van der Waals surface area contributed by atoms with Gasteiger partial charge >= 0.3 is 0 Å². The maximum atomic E-state index is 5.72. The van der Waals surface area contributed by atoms with Gasteiger partial charge in [0.25, 0.3) is 0 Å². The van der Waals surface area contributed by atoms with Gasteiger partial charge in [-0.05, 0) is 38.8 Å². The molecule has 1 rings (SSSR count). The number of anilines is 1. The molecule has 14 heavy (non-hydrogen) atoms. The summed E-state index contributed by atoms with van der Waals surface area (Å²) in [5.41, 5.74) is 6.90. The van der Waals surface area contributed by atoms with E-state index in [0.717, 1.165) is 12.2 Å². The van der Waals surface area contributed by atoms with E-state index >= 15 is 0 Å². The van der Waals surface area contributed by atoms with Gasteiger partial charge in [-0.15, -0.1) is 0 Å². The van der Waals surface area contributed by atoms with Crippen LogP contribution in [0.15, 0.2) is 18.3 Å². The summed E-state index contributed by atoms with van der Waals surface area (Å²) in [6.45, 7) is 6.19. The molecule has 0 aliphatic carbocycles. The third kappa shape index (κ3) is 3.34. The first kappa shape index (κ1) is 11.0. The zero-order chi connectivity index (χ0) is 10.6. The quantitative estimate of drug-likeness (QED) is 0.768. The van der Waals surface area contributed by atoms with Crippen LogP contribution in [0.2, 0.25) is 0 Å². The lowest BCUT2D eigenvalue weighted by Crippen LogP contribution is -2.26. The summed E-state index contributed by atoms with van der Waals surface area (Å²) in [4.78, 5) is 4.27. The van der Waals surface area contributed by atoms with Crippen molar-refractivity contribution in [1.29, 1.82) is 0 Å². The number of hydrogen-bond donors (Lipinski definition) is 2. The average molecular weight is 193 g/mol. The summed E-state index contributed by atoms with van der Waals surface area (Å²) in [6.07, 6.45) is 2.75. The zero-order valence-electron chi connectivity index (χ0n) is 9.12. The van der Waals surface area contributed by atoms with E-state index in [1.807, 2.05) is 26.0 Å². The van der Waals surface area contributed by atoms with Crippen LogP contribution in [-0.4, -0.2) is 17.1 Å². The van der Waals surface area contributed by atoms with Crippen molar-refractivity contribution >= 4 is 5.82 Å². The van der Waals surface area contributed by atoms with Crippen molar-refractivity contribution in [3.63, 3.8) is 0 Å². The Morgan fingerprint density at radius 2 is 2.21 bits per heavy atom. The molecule has 1 aromatic rings. The number of hydrogen-bond acceptors (Lipinski definition) is 3. The van der Waals surface area contributed by atoms with E-state index < -0.39 is 0 Å². The SMILES string of the molecule is Cc1cccnc1NC(C)CC(C)N. The number of rotatable bonds is 4. The Morgan fingerprint density at radius 1 is 1.50 bits per heavy atom. The fourth-order valence-electron chi connectivity index (χ4n) is 1.49. The molecule has 3 heteroatoms. The molecule has 3 nitrogen and oxygen atoms in total. The molecular weight excluding hydrogens is 174 g/mol. The van der Waals surface area contributed by atoms with Gasteiger partial charge in [0.1, 0.15) is 5.82 Å². The highest BCUT2D eigenvalue weighted by Gasteiger charge is 2.06. The first-order valence-electron chi connectivity index (χ1n) is 5.03. The molecule has 2 atom stereocenters. The Bertz CT molecular complexity index is 284. The summed E-state index contributed by atoms with van der Waals surface area (Å²) in [6, 6.07) is 4.58. The molecule has 0 bridgehead atoms. The largest absolute Gasteiger partial charge is 0.367 e. The van der Waals surface area contributed by atoms with E-state index in [0.29, 0.717) is 6.04 Å². The Kier molecular flexibility index (Phi) is 3.89. The fraction of sp³-hybridized carbons (Fsp3) is 0.545. The number of nitrogens with two attached hydrogens (primary N) is 1. The molecule has 2 unspecified atom stereocenters. The Morgan fingerprint density at radius 3 is 2.79 bits per heavy atom. The van der Waals surface area contributed by atoms with E-state index in [9.17, 15) is 0 Å². The Labute approximate surface area is 85.7 Å². The van der Waals surface area contributed by atoms with Crippen LogP contribution in [0.3, 0.4) is 0 Å². The van der Waals surface area contributed by atoms with Gasteiger partial charge in [-0.1, -0.05) is 6.07 Å². The van der Waals surface area contributed by atoms with Crippen LogP contribution in [0, 0.1) is 6.92 Å². The molecule has 0 aliphatic heterocycles. The van der Waals surface area contributed by atoms with Gasteiger partial charge < -0.3 is 11.1 Å². The predicted molar refractivity (Wildman–Crippen MR) is 60.3 cm³/mol. The van der Waals surface area contributed by atoms with E-state index in [4.69, 9.17) is 5.73 Å². The summed E-state index contributed by atoms with van der Waals surface area (Å²) in [5, 5.41) is 3.35. The molecule has 78 valence electrons. The van der Waals surface area contributed by atoms with Crippen molar-refractivity contribution in [1.82, 2.24) is 4.98 Å².